The van der Waals surface area contributed by atoms with Crippen molar-refractivity contribution in [2.24, 2.45) is 0 Å². The minimum absolute atomic E-state index is 0.0200. The van der Waals surface area contributed by atoms with Crippen LogP contribution < -0.4 is 0 Å². The van der Waals surface area contributed by atoms with Gasteiger partial charge in [0.2, 0.25) is 5.91 Å². The number of carbonyl (C=O) groups excluding carboxylic acids is 1. The third kappa shape index (κ3) is 6.79. The van der Waals surface area contributed by atoms with E-state index in [4.69, 9.17) is 4.42 Å². The first-order chi connectivity index (χ1) is 15.5. The zero-order valence-corrected chi connectivity index (χ0v) is 19.3. The minimum atomic E-state index is -0.236. The summed E-state index contributed by atoms with van der Waals surface area (Å²) >= 11 is 0. The van der Waals surface area contributed by atoms with Gasteiger partial charge in [-0.05, 0) is 50.5 Å². The number of halogens is 1. The molecule has 1 aromatic heterocycles. The summed E-state index contributed by atoms with van der Waals surface area (Å²) in [5.41, 5.74) is 1.80. The van der Waals surface area contributed by atoms with Gasteiger partial charge in [-0.3, -0.25) is 9.69 Å². The van der Waals surface area contributed by atoms with Gasteiger partial charge in [0.15, 0.2) is 0 Å². The molecular weight excluding hydrogens is 403 g/mol. The Kier molecular flexibility index (Phi) is 8.63. The van der Waals surface area contributed by atoms with Gasteiger partial charge in [0.05, 0.1) is 13.1 Å². The summed E-state index contributed by atoms with van der Waals surface area (Å²) in [6, 6.07) is 20.9. The molecule has 170 valence electrons. The molecule has 0 radical (unpaired) electrons. The third-order valence-electron chi connectivity index (χ3n) is 5.89. The number of rotatable bonds is 11. The van der Waals surface area contributed by atoms with Gasteiger partial charge in [0.25, 0.3) is 0 Å². The van der Waals surface area contributed by atoms with E-state index in [1.807, 2.05) is 48.2 Å². The van der Waals surface area contributed by atoms with Gasteiger partial charge in [0, 0.05) is 24.7 Å². The van der Waals surface area contributed by atoms with Gasteiger partial charge in [-0.25, -0.2) is 4.39 Å². The summed E-state index contributed by atoms with van der Waals surface area (Å²) < 4.78 is 20.0. The van der Waals surface area contributed by atoms with E-state index in [-0.39, 0.29) is 24.3 Å². The van der Waals surface area contributed by atoms with Gasteiger partial charge in [0.1, 0.15) is 17.3 Å². The summed E-state index contributed by atoms with van der Waals surface area (Å²) in [6.45, 7) is 7.72. The van der Waals surface area contributed by atoms with Crippen molar-refractivity contribution in [1.82, 2.24) is 9.80 Å². The van der Waals surface area contributed by atoms with E-state index in [9.17, 15) is 9.18 Å². The molecule has 4 nitrogen and oxygen atoms in total. The van der Waals surface area contributed by atoms with Gasteiger partial charge in [-0.1, -0.05) is 55.5 Å². The highest BCUT2D eigenvalue weighted by atomic mass is 19.1. The molecule has 1 heterocycles. The van der Waals surface area contributed by atoms with Crippen LogP contribution in [0.5, 0.6) is 0 Å². The number of amides is 1. The number of nitrogens with zero attached hydrogens (tertiary/aromatic N) is 2. The Bertz CT molecular complexity index is 986. The number of benzene rings is 2. The summed E-state index contributed by atoms with van der Waals surface area (Å²) in [4.78, 5) is 17.3. The predicted molar refractivity (Wildman–Crippen MR) is 126 cm³/mol. The summed E-state index contributed by atoms with van der Waals surface area (Å²) in [7, 11) is 0. The van der Waals surface area contributed by atoms with Crippen molar-refractivity contribution in [1.29, 1.82) is 0 Å². The number of furan rings is 1. The fourth-order valence-corrected chi connectivity index (χ4v) is 3.70. The van der Waals surface area contributed by atoms with Crippen molar-refractivity contribution >= 4 is 5.91 Å². The van der Waals surface area contributed by atoms with Crippen LogP contribution in [0, 0.1) is 12.7 Å². The highest BCUT2D eigenvalue weighted by Gasteiger charge is 2.22. The van der Waals surface area contributed by atoms with Crippen LogP contribution in [0.25, 0.3) is 0 Å². The normalized spacial score (nSPS) is 12.2. The topological polar surface area (TPSA) is 36.7 Å². The molecule has 0 saturated heterocycles. The van der Waals surface area contributed by atoms with E-state index in [2.05, 4.69) is 30.9 Å². The number of aryl methyl sites for hydroxylation is 1. The van der Waals surface area contributed by atoms with Gasteiger partial charge in [-0.15, -0.1) is 0 Å². The SMILES string of the molecule is CCC(C)N(CC(=O)N(CCc1ccccc1)Cc1ccc(C)o1)Cc1ccccc1F. The Labute approximate surface area is 190 Å². The molecule has 0 aliphatic carbocycles. The molecule has 32 heavy (non-hydrogen) atoms. The number of hydrogen-bond donors (Lipinski definition) is 0. The van der Waals surface area contributed by atoms with Crippen LogP contribution in [0.2, 0.25) is 0 Å². The van der Waals surface area contributed by atoms with E-state index >= 15 is 0 Å². The Morgan fingerprint density at radius 3 is 2.38 bits per heavy atom. The molecule has 1 unspecified atom stereocenters. The standard InChI is InChI=1S/C27H33FN2O2/c1-4-21(2)30(18-24-12-8-9-13-26(24)28)20-27(31)29(19-25-15-14-22(3)32-25)17-16-23-10-6-5-7-11-23/h5-15,21H,4,16-20H2,1-3H3. The van der Waals surface area contributed by atoms with Crippen molar-refractivity contribution in [3.8, 4) is 0 Å². The number of carbonyl (C=O) groups is 1. The second-order valence-electron chi connectivity index (χ2n) is 8.32. The second kappa shape index (κ2) is 11.6. The van der Waals surface area contributed by atoms with E-state index in [0.29, 0.717) is 25.2 Å². The third-order valence-corrected chi connectivity index (χ3v) is 5.89. The van der Waals surface area contributed by atoms with E-state index in [1.54, 1.807) is 12.1 Å². The molecule has 0 saturated carbocycles. The molecule has 3 aromatic rings. The van der Waals surface area contributed by atoms with Gasteiger partial charge in [-0.2, -0.15) is 0 Å². The molecule has 0 bridgehead atoms. The highest BCUT2D eigenvalue weighted by molar-refractivity contribution is 5.78. The van der Waals surface area contributed by atoms with Crippen LogP contribution >= 0.6 is 0 Å². The predicted octanol–water partition coefficient (Wildman–Crippen LogP) is 5.60. The molecule has 1 atom stereocenters. The average molecular weight is 437 g/mol. The van der Waals surface area contributed by atoms with Crippen molar-refractivity contribution in [2.45, 2.75) is 52.7 Å². The molecule has 0 aliphatic heterocycles. The lowest BCUT2D eigenvalue weighted by atomic mass is 10.1. The summed E-state index contributed by atoms with van der Waals surface area (Å²) in [6.07, 6.45) is 1.64. The van der Waals surface area contributed by atoms with E-state index in [0.717, 1.165) is 24.4 Å². The van der Waals surface area contributed by atoms with Gasteiger partial charge >= 0.3 is 0 Å². The van der Waals surface area contributed by atoms with Crippen LogP contribution in [-0.2, 0) is 24.3 Å². The first kappa shape index (κ1) is 23.7. The molecular formula is C27H33FN2O2. The second-order valence-corrected chi connectivity index (χ2v) is 8.32. The first-order valence-corrected chi connectivity index (χ1v) is 11.3. The molecule has 1 amide bonds. The van der Waals surface area contributed by atoms with Crippen molar-refractivity contribution in [3.63, 3.8) is 0 Å². The molecule has 0 fully saturated rings. The maximum absolute atomic E-state index is 14.3. The van der Waals surface area contributed by atoms with E-state index < -0.39 is 0 Å². The molecule has 5 heteroatoms. The lowest BCUT2D eigenvalue weighted by Crippen LogP contribution is -2.43. The summed E-state index contributed by atoms with van der Waals surface area (Å²) in [5.74, 6) is 1.39. The maximum atomic E-state index is 14.3. The van der Waals surface area contributed by atoms with Crippen LogP contribution in [-0.4, -0.2) is 34.8 Å². The monoisotopic (exact) mass is 436 g/mol. The minimum Gasteiger partial charge on any atom is -0.464 e. The Morgan fingerprint density at radius 1 is 1.00 bits per heavy atom. The molecule has 0 spiro atoms. The average Bonchev–Trinajstić information content (AvgIpc) is 3.22. The van der Waals surface area contributed by atoms with Crippen molar-refractivity contribution in [3.05, 3.63) is 95.2 Å². The largest absolute Gasteiger partial charge is 0.464 e. The molecule has 3 rings (SSSR count). The fraction of sp³-hybridized carbons (Fsp3) is 0.370. The van der Waals surface area contributed by atoms with Crippen molar-refractivity contribution in [2.75, 3.05) is 13.1 Å². The first-order valence-electron chi connectivity index (χ1n) is 11.3. The quantitative estimate of drug-likeness (QED) is 0.393. The Hall–Kier alpha value is -2.92. The van der Waals surface area contributed by atoms with Crippen LogP contribution in [0.3, 0.4) is 0 Å². The highest BCUT2D eigenvalue weighted by Crippen LogP contribution is 2.16. The Balaban J connectivity index is 1.74. The molecule has 2 aromatic carbocycles. The zero-order chi connectivity index (χ0) is 22.9. The van der Waals surface area contributed by atoms with Crippen LogP contribution in [0.1, 0.15) is 42.9 Å². The molecule has 0 N–H and O–H groups in total. The smallest absolute Gasteiger partial charge is 0.237 e. The lowest BCUT2D eigenvalue weighted by Gasteiger charge is -2.31. The molecule has 0 aliphatic rings. The van der Waals surface area contributed by atoms with E-state index in [1.165, 1.54) is 11.6 Å². The summed E-state index contributed by atoms with van der Waals surface area (Å²) in [5, 5.41) is 0. The zero-order valence-electron chi connectivity index (χ0n) is 19.3. The van der Waals surface area contributed by atoms with Crippen molar-refractivity contribution < 1.29 is 13.6 Å². The Morgan fingerprint density at radius 2 is 1.72 bits per heavy atom. The lowest BCUT2D eigenvalue weighted by molar-refractivity contribution is -0.134. The van der Waals surface area contributed by atoms with Gasteiger partial charge < -0.3 is 9.32 Å². The maximum Gasteiger partial charge on any atom is 0.237 e. The number of hydrogen-bond acceptors (Lipinski definition) is 3. The fourth-order valence-electron chi connectivity index (χ4n) is 3.70. The van der Waals surface area contributed by atoms with Crippen LogP contribution in [0.15, 0.2) is 71.1 Å². The van der Waals surface area contributed by atoms with Crippen LogP contribution in [0.4, 0.5) is 4.39 Å².